The van der Waals surface area contributed by atoms with Gasteiger partial charge < -0.3 is 20.2 Å². The summed E-state index contributed by atoms with van der Waals surface area (Å²) in [6.07, 6.45) is 0.154. The van der Waals surface area contributed by atoms with Gasteiger partial charge in [-0.25, -0.2) is 4.79 Å². The molecule has 1 rings (SSSR count). The van der Waals surface area contributed by atoms with Gasteiger partial charge in [0, 0.05) is 32.1 Å². The summed E-state index contributed by atoms with van der Waals surface area (Å²) in [6, 6.07) is -0.0940. The Kier molecular flexibility index (Phi) is 4.54. The lowest BCUT2D eigenvalue weighted by Crippen LogP contribution is -2.54. The molecular formula is C10H19N3O3. The lowest BCUT2D eigenvalue weighted by atomic mass is 9.97. The Hall–Kier alpha value is -1.30. The molecule has 16 heavy (non-hydrogen) atoms. The normalized spacial score (nSPS) is 16.1. The van der Waals surface area contributed by atoms with Gasteiger partial charge in [0.1, 0.15) is 0 Å². The SMILES string of the molecule is CN(C)CCNC(=O)N1CC(CC(=O)O)C1. The minimum Gasteiger partial charge on any atom is -0.481 e. The van der Waals surface area contributed by atoms with Gasteiger partial charge in [-0.1, -0.05) is 0 Å². The molecule has 0 atom stereocenters. The zero-order valence-corrected chi connectivity index (χ0v) is 9.77. The molecule has 0 bridgehead atoms. The van der Waals surface area contributed by atoms with Crippen LogP contribution in [0.15, 0.2) is 0 Å². The first-order chi connectivity index (χ1) is 7.49. The maximum Gasteiger partial charge on any atom is 0.317 e. The number of amides is 2. The van der Waals surface area contributed by atoms with Crippen LogP contribution in [-0.4, -0.2) is 67.2 Å². The van der Waals surface area contributed by atoms with E-state index in [2.05, 4.69) is 5.32 Å². The molecule has 0 saturated carbocycles. The Morgan fingerprint density at radius 1 is 1.44 bits per heavy atom. The lowest BCUT2D eigenvalue weighted by Gasteiger charge is -2.38. The highest BCUT2D eigenvalue weighted by molar-refractivity contribution is 5.75. The molecule has 1 fully saturated rings. The molecule has 1 aliphatic rings. The Morgan fingerprint density at radius 2 is 2.06 bits per heavy atom. The third-order valence-electron chi connectivity index (χ3n) is 2.54. The van der Waals surface area contributed by atoms with Crippen molar-refractivity contribution in [2.45, 2.75) is 6.42 Å². The number of hydrogen-bond donors (Lipinski definition) is 2. The van der Waals surface area contributed by atoms with Crippen molar-refractivity contribution in [3.8, 4) is 0 Å². The second kappa shape index (κ2) is 5.69. The van der Waals surface area contributed by atoms with Gasteiger partial charge >= 0.3 is 12.0 Å². The van der Waals surface area contributed by atoms with E-state index in [1.165, 1.54) is 0 Å². The number of hydrogen-bond acceptors (Lipinski definition) is 3. The molecule has 2 amide bonds. The van der Waals surface area contributed by atoms with E-state index in [0.717, 1.165) is 6.54 Å². The van der Waals surface area contributed by atoms with Crippen molar-refractivity contribution in [2.75, 3.05) is 40.3 Å². The van der Waals surface area contributed by atoms with Gasteiger partial charge in [0.2, 0.25) is 0 Å². The van der Waals surface area contributed by atoms with Crippen LogP contribution in [0.2, 0.25) is 0 Å². The average Bonchev–Trinajstić information content (AvgIpc) is 2.09. The summed E-state index contributed by atoms with van der Waals surface area (Å²) in [4.78, 5) is 25.5. The summed E-state index contributed by atoms with van der Waals surface area (Å²) < 4.78 is 0. The maximum atomic E-state index is 11.5. The predicted molar refractivity (Wildman–Crippen MR) is 59.3 cm³/mol. The number of aliphatic carboxylic acids is 1. The molecule has 6 nitrogen and oxygen atoms in total. The first kappa shape index (κ1) is 12.8. The zero-order valence-electron chi connectivity index (χ0n) is 9.77. The Morgan fingerprint density at radius 3 is 2.56 bits per heavy atom. The largest absolute Gasteiger partial charge is 0.481 e. The second-order valence-corrected chi connectivity index (χ2v) is 4.40. The monoisotopic (exact) mass is 229 g/mol. The zero-order chi connectivity index (χ0) is 12.1. The van der Waals surface area contributed by atoms with Crippen LogP contribution >= 0.6 is 0 Å². The molecule has 1 heterocycles. The number of likely N-dealkylation sites (N-methyl/N-ethyl adjacent to an activating group) is 1. The molecule has 0 aliphatic carbocycles. The van der Waals surface area contributed by atoms with Crippen molar-refractivity contribution in [3.63, 3.8) is 0 Å². The molecule has 1 saturated heterocycles. The Labute approximate surface area is 95.2 Å². The molecule has 2 N–H and O–H groups in total. The fraction of sp³-hybridized carbons (Fsp3) is 0.800. The third kappa shape index (κ3) is 4.06. The molecule has 0 aromatic heterocycles. The fourth-order valence-electron chi connectivity index (χ4n) is 1.61. The number of carboxylic acids is 1. The van der Waals surface area contributed by atoms with Crippen LogP contribution in [0.3, 0.4) is 0 Å². The predicted octanol–water partition coefficient (Wildman–Crippen LogP) is -0.336. The van der Waals surface area contributed by atoms with E-state index in [4.69, 9.17) is 5.11 Å². The van der Waals surface area contributed by atoms with Crippen LogP contribution in [0, 0.1) is 5.92 Å². The quantitative estimate of drug-likeness (QED) is 0.676. The van der Waals surface area contributed by atoms with Gasteiger partial charge in [0.05, 0.1) is 6.42 Å². The number of rotatable bonds is 5. The molecule has 0 aromatic carbocycles. The summed E-state index contributed by atoms with van der Waals surface area (Å²) in [5.41, 5.74) is 0. The van der Waals surface area contributed by atoms with E-state index in [9.17, 15) is 9.59 Å². The van der Waals surface area contributed by atoms with Gasteiger partial charge in [0.25, 0.3) is 0 Å². The summed E-state index contributed by atoms with van der Waals surface area (Å²) in [5.74, 6) is -0.672. The minimum atomic E-state index is -0.794. The van der Waals surface area contributed by atoms with E-state index in [-0.39, 0.29) is 18.4 Å². The number of nitrogens with zero attached hydrogens (tertiary/aromatic N) is 2. The first-order valence-corrected chi connectivity index (χ1v) is 5.38. The van der Waals surface area contributed by atoms with Crippen LogP contribution in [0.5, 0.6) is 0 Å². The van der Waals surface area contributed by atoms with E-state index in [1.807, 2.05) is 19.0 Å². The van der Waals surface area contributed by atoms with E-state index >= 15 is 0 Å². The van der Waals surface area contributed by atoms with Crippen molar-refractivity contribution in [3.05, 3.63) is 0 Å². The molecule has 0 unspecified atom stereocenters. The third-order valence-corrected chi connectivity index (χ3v) is 2.54. The number of nitrogens with one attached hydrogen (secondary N) is 1. The van der Waals surface area contributed by atoms with Gasteiger partial charge in [-0.2, -0.15) is 0 Å². The average molecular weight is 229 g/mol. The van der Waals surface area contributed by atoms with Gasteiger partial charge in [0.15, 0.2) is 0 Å². The molecule has 1 aliphatic heterocycles. The Balaban J connectivity index is 2.10. The molecule has 0 aromatic rings. The number of carboxylic acid groups (broad SMARTS) is 1. The highest BCUT2D eigenvalue weighted by Crippen LogP contribution is 2.18. The van der Waals surface area contributed by atoms with E-state index in [1.54, 1.807) is 4.90 Å². The number of carbonyl (C=O) groups excluding carboxylic acids is 1. The van der Waals surface area contributed by atoms with Gasteiger partial charge in [-0.15, -0.1) is 0 Å². The van der Waals surface area contributed by atoms with E-state index < -0.39 is 5.97 Å². The summed E-state index contributed by atoms with van der Waals surface area (Å²) in [7, 11) is 3.89. The van der Waals surface area contributed by atoms with Crippen LogP contribution in [0.25, 0.3) is 0 Å². The molecule has 6 heteroatoms. The van der Waals surface area contributed by atoms with Crippen molar-refractivity contribution in [1.82, 2.24) is 15.1 Å². The van der Waals surface area contributed by atoms with Crippen molar-refractivity contribution < 1.29 is 14.7 Å². The smallest absolute Gasteiger partial charge is 0.317 e. The van der Waals surface area contributed by atoms with Crippen molar-refractivity contribution in [2.24, 2.45) is 5.92 Å². The number of urea groups is 1. The van der Waals surface area contributed by atoms with Crippen molar-refractivity contribution >= 4 is 12.0 Å². The second-order valence-electron chi connectivity index (χ2n) is 4.40. The first-order valence-electron chi connectivity index (χ1n) is 5.38. The van der Waals surface area contributed by atoms with Crippen LogP contribution < -0.4 is 5.32 Å². The molecular weight excluding hydrogens is 210 g/mol. The van der Waals surface area contributed by atoms with Crippen molar-refractivity contribution in [1.29, 1.82) is 0 Å². The summed E-state index contributed by atoms with van der Waals surface area (Å²) in [5, 5.41) is 11.3. The van der Waals surface area contributed by atoms with Gasteiger partial charge in [-0.05, 0) is 14.1 Å². The minimum absolute atomic E-state index is 0.0940. The van der Waals surface area contributed by atoms with Crippen LogP contribution in [0.4, 0.5) is 4.79 Å². The molecule has 0 spiro atoms. The highest BCUT2D eigenvalue weighted by Gasteiger charge is 2.31. The fourth-order valence-corrected chi connectivity index (χ4v) is 1.61. The summed E-state index contributed by atoms with van der Waals surface area (Å²) in [6.45, 7) is 2.53. The highest BCUT2D eigenvalue weighted by atomic mass is 16.4. The van der Waals surface area contributed by atoms with Gasteiger partial charge in [-0.3, -0.25) is 4.79 Å². The Bertz CT molecular complexity index is 262. The number of likely N-dealkylation sites (tertiary alicyclic amines) is 1. The van der Waals surface area contributed by atoms with E-state index in [0.29, 0.717) is 19.6 Å². The topological polar surface area (TPSA) is 72.9 Å². The maximum absolute atomic E-state index is 11.5. The standard InChI is InChI=1S/C10H19N3O3/c1-12(2)4-3-11-10(16)13-6-8(7-13)5-9(14)15/h8H,3-7H2,1-2H3,(H,11,16)(H,14,15). The van der Waals surface area contributed by atoms with Crippen LogP contribution in [0.1, 0.15) is 6.42 Å². The van der Waals surface area contributed by atoms with Crippen LogP contribution in [-0.2, 0) is 4.79 Å². The molecule has 92 valence electrons. The number of carbonyl (C=O) groups is 2. The lowest BCUT2D eigenvalue weighted by molar-refractivity contribution is -0.139. The molecule has 0 radical (unpaired) electrons. The summed E-state index contributed by atoms with van der Waals surface area (Å²) >= 11 is 0.